The zero-order chi connectivity index (χ0) is 21.6. The van der Waals surface area contributed by atoms with Crippen molar-refractivity contribution in [3.63, 3.8) is 0 Å². The van der Waals surface area contributed by atoms with E-state index >= 15 is 0 Å². The second-order valence-corrected chi connectivity index (χ2v) is 6.46. The first-order chi connectivity index (χ1) is 13.7. The number of carbonyl (C=O) groups is 2. The second kappa shape index (κ2) is 9.45. The Hall–Kier alpha value is -3.75. The Bertz CT molecular complexity index is 896. The highest BCUT2D eigenvalue weighted by Gasteiger charge is 2.22. The number of amidine groups is 1. The van der Waals surface area contributed by atoms with E-state index in [-0.39, 0.29) is 17.7 Å². The summed E-state index contributed by atoms with van der Waals surface area (Å²) >= 11 is 0. The minimum Gasteiger partial charge on any atom is -0.487 e. The van der Waals surface area contributed by atoms with Gasteiger partial charge in [-0.25, -0.2) is 9.59 Å². The van der Waals surface area contributed by atoms with Crippen LogP contribution >= 0.6 is 0 Å². The van der Waals surface area contributed by atoms with Gasteiger partial charge in [0.15, 0.2) is 24.1 Å². The average molecular weight is 401 g/mol. The van der Waals surface area contributed by atoms with E-state index < -0.39 is 24.6 Å². The first-order valence-corrected chi connectivity index (χ1v) is 8.76. The van der Waals surface area contributed by atoms with Crippen molar-refractivity contribution < 1.29 is 29.3 Å². The maximum Gasteiger partial charge on any atom is 0.341 e. The summed E-state index contributed by atoms with van der Waals surface area (Å²) < 4.78 is 10.9. The molecular weight excluding hydrogens is 378 g/mol. The average Bonchev–Trinajstić information content (AvgIpc) is 2.65. The topological polar surface area (TPSA) is 155 Å². The van der Waals surface area contributed by atoms with Crippen molar-refractivity contribution >= 4 is 23.5 Å². The number of anilines is 1. The number of nitrogens with one attached hydrogen (secondary N) is 2. The van der Waals surface area contributed by atoms with E-state index in [4.69, 9.17) is 25.7 Å². The maximum atomic E-state index is 11.8. The van der Waals surface area contributed by atoms with Gasteiger partial charge >= 0.3 is 11.9 Å². The summed E-state index contributed by atoms with van der Waals surface area (Å²) in [5, 5.41) is 28.8. The Morgan fingerprint density at radius 3 is 2.28 bits per heavy atom. The van der Waals surface area contributed by atoms with Crippen LogP contribution in [0.15, 0.2) is 42.5 Å². The van der Waals surface area contributed by atoms with Gasteiger partial charge in [-0.05, 0) is 55.8 Å². The quantitative estimate of drug-likeness (QED) is 0.300. The van der Waals surface area contributed by atoms with Gasteiger partial charge in [-0.15, -0.1) is 0 Å². The monoisotopic (exact) mass is 401 g/mol. The molecule has 0 saturated carbocycles. The van der Waals surface area contributed by atoms with Crippen molar-refractivity contribution in [1.82, 2.24) is 0 Å². The van der Waals surface area contributed by atoms with Crippen LogP contribution in [0.25, 0.3) is 0 Å². The van der Waals surface area contributed by atoms with Gasteiger partial charge in [0.1, 0.15) is 5.84 Å². The molecule has 2 rings (SSSR count). The number of benzene rings is 2. The Labute approximate surface area is 167 Å². The lowest BCUT2D eigenvalue weighted by atomic mass is 10.1. The van der Waals surface area contributed by atoms with Crippen molar-refractivity contribution in [2.24, 2.45) is 5.73 Å². The summed E-state index contributed by atoms with van der Waals surface area (Å²) in [6, 6.07) is 9.86. The zero-order valence-corrected chi connectivity index (χ0v) is 16.0. The number of aliphatic carboxylic acids is 2. The molecule has 1 unspecified atom stereocenters. The van der Waals surface area contributed by atoms with Crippen LogP contribution in [-0.2, 0) is 9.59 Å². The number of nitrogen functional groups attached to an aromatic ring is 1. The van der Waals surface area contributed by atoms with Crippen molar-refractivity contribution in [3.8, 4) is 11.5 Å². The highest BCUT2D eigenvalue weighted by atomic mass is 16.5. The minimum absolute atomic E-state index is 0.0905. The van der Waals surface area contributed by atoms with Gasteiger partial charge in [0.25, 0.3) is 0 Å². The third-order valence-corrected chi connectivity index (χ3v) is 3.77. The molecule has 0 saturated heterocycles. The van der Waals surface area contributed by atoms with Gasteiger partial charge in [-0.3, -0.25) is 5.41 Å². The van der Waals surface area contributed by atoms with Crippen molar-refractivity contribution in [1.29, 1.82) is 5.41 Å². The van der Waals surface area contributed by atoms with Gasteiger partial charge in [0, 0.05) is 11.3 Å². The molecule has 0 aliphatic rings. The van der Waals surface area contributed by atoms with Crippen molar-refractivity contribution in [2.45, 2.75) is 26.0 Å². The first kappa shape index (κ1) is 21.5. The highest BCUT2D eigenvalue weighted by molar-refractivity contribution is 5.95. The van der Waals surface area contributed by atoms with Crippen LogP contribution in [0.3, 0.4) is 0 Å². The standard InChI is InChI=1S/C20H23N3O6/c1-11(2)29-15-8-5-13(9-16(15)28-10-17(24)25)18(20(26)27)23-14-6-3-12(4-7-14)19(21)22/h3-9,11,18,23H,10H2,1-2H3,(H3,21,22)(H,24,25)(H,26,27). The van der Waals surface area contributed by atoms with Gasteiger partial charge in [-0.1, -0.05) is 6.07 Å². The molecule has 0 radical (unpaired) electrons. The van der Waals surface area contributed by atoms with E-state index in [1.807, 2.05) is 0 Å². The number of carboxylic acids is 2. The van der Waals surface area contributed by atoms with E-state index in [1.165, 1.54) is 6.07 Å². The molecule has 1 atom stereocenters. The van der Waals surface area contributed by atoms with Gasteiger partial charge < -0.3 is 30.7 Å². The Balaban J connectivity index is 2.33. The summed E-state index contributed by atoms with van der Waals surface area (Å²) in [4.78, 5) is 22.7. The van der Waals surface area contributed by atoms with E-state index in [1.54, 1.807) is 50.2 Å². The predicted octanol–water partition coefficient (Wildman–Crippen LogP) is 2.46. The van der Waals surface area contributed by atoms with Crippen LogP contribution < -0.4 is 20.5 Å². The molecule has 6 N–H and O–H groups in total. The Kier molecular flexibility index (Phi) is 7.02. The van der Waals surface area contributed by atoms with Gasteiger partial charge in [0.2, 0.25) is 0 Å². The first-order valence-electron chi connectivity index (χ1n) is 8.76. The lowest BCUT2D eigenvalue weighted by Gasteiger charge is -2.20. The summed E-state index contributed by atoms with van der Waals surface area (Å²) in [5.74, 6) is -1.93. The van der Waals surface area contributed by atoms with E-state index in [9.17, 15) is 14.7 Å². The minimum atomic E-state index is -1.16. The normalized spacial score (nSPS) is 11.6. The third-order valence-electron chi connectivity index (χ3n) is 3.77. The van der Waals surface area contributed by atoms with Crippen LogP contribution in [0.1, 0.15) is 31.0 Å². The fraction of sp³-hybridized carbons (Fsp3) is 0.250. The number of hydrogen-bond acceptors (Lipinski definition) is 6. The molecule has 2 aromatic carbocycles. The largest absolute Gasteiger partial charge is 0.487 e. The second-order valence-electron chi connectivity index (χ2n) is 6.46. The fourth-order valence-electron chi connectivity index (χ4n) is 2.51. The molecule has 0 spiro atoms. The number of hydrogen-bond donors (Lipinski definition) is 5. The summed E-state index contributed by atoms with van der Waals surface area (Å²) in [5.41, 5.74) is 6.80. The van der Waals surface area contributed by atoms with E-state index in [0.29, 0.717) is 22.6 Å². The van der Waals surface area contributed by atoms with Crippen LogP contribution in [0.2, 0.25) is 0 Å². The molecule has 0 aliphatic heterocycles. The Morgan fingerprint density at radius 1 is 1.10 bits per heavy atom. The molecule has 9 nitrogen and oxygen atoms in total. The summed E-state index contributed by atoms with van der Waals surface area (Å²) in [6.07, 6.45) is -0.179. The summed E-state index contributed by atoms with van der Waals surface area (Å²) in [7, 11) is 0. The number of nitrogens with two attached hydrogens (primary N) is 1. The molecule has 2 aromatic rings. The van der Waals surface area contributed by atoms with E-state index in [0.717, 1.165) is 0 Å². The SMILES string of the molecule is CC(C)Oc1ccc(C(Nc2ccc(C(=N)N)cc2)C(=O)O)cc1OCC(=O)O. The Morgan fingerprint density at radius 2 is 1.76 bits per heavy atom. The summed E-state index contributed by atoms with van der Waals surface area (Å²) in [6.45, 7) is 3.03. The van der Waals surface area contributed by atoms with Crippen molar-refractivity contribution in [3.05, 3.63) is 53.6 Å². The zero-order valence-electron chi connectivity index (χ0n) is 16.0. The molecule has 0 bridgehead atoms. The lowest BCUT2D eigenvalue weighted by Crippen LogP contribution is -2.21. The number of ether oxygens (including phenoxy) is 2. The van der Waals surface area contributed by atoms with Gasteiger partial charge in [-0.2, -0.15) is 0 Å². The molecule has 0 heterocycles. The van der Waals surface area contributed by atoms with Crippen LogP contribution in [0.5, 0.6) is 11.5 Å². The molecule has 29 heavy (non-hydrogen) atoms. The molecule has 154 valence electrons. The van der Waals surface area contributed by atoms with Crippen LogP contribution in [-0.4, -0.2) is 40.7 Å². The number of rotatable bonds is 10. The fourth-order valence-corrected chi connectivity index (χ4v) is 2.51. The number of carboxylic acid groups (broad SMARTS) is 2. The molecule has 0 fully saturated rings. The lowest BCUT2D eigenvalue weighted by molar-refractivity contribution is -0.140. The van der Waals surface area contributed by atoms with Crippen LogP contribution in [0, 0.1) is 5.41 Å². The smallest absolute Gasteiger partial charge is 0.341 e. The molecule has 0 aromatic heterocycles. The molecule has 9 heteroatoms. The van der Waals surface area contributed by atoms with Crippen molar-refractivity contribution in [2.75, 3.05) is 11.9 Å². The third kappa shape index (κ3) is 6.13. The molecular formula is C20H23N3O6. The molecule has 0 amide bonds. The maximum absolute atomic E-state index is 11.8. The van der Waals surface area contributed by atoms with E-state index in [2.05, 4.69) is 5.32 Å². The predicted molar refractivity (Wildman–Crippen MR) is 107 cm³/mol. The van der Waals surface area contributed by atoms with Crippen LogP contribution in [0.4, 0.5) is 5.69 Å². The highest BCUT2D eigenvalue weighted by Crippen LogP contribution is 2.32. The van der Waals surface area contributed by atoms with Gasteiger partial charge in [0.05, 0.1) is 6.10 Å². The molecule has 0 aliphatic carbocycles.